The Morgan fingerprint density at radius 1 is 1.22 bits per heavy atom. The molecule has 0 unspecified atom stereocenters. The van der Waals surface area contributed by atoms with E-state index in [4.69, 9.17) is 11.6 Å². The van der Waals surface area contributed by atoms with E-state index in [1.807, 2.05) is 30.3 Å². The maximum absolute atomic E-state index is 11.1. The van der Waals surface area contributed by atoms with Crippen molar-refractivity contribution in [1.29, 1.82) is 0 Å². The first kappa shape index (κ1) is 11.3. The Morgan fingerprint density at radius 2 is 2.06 bits per heavy atom. The van der Waals surface area contributed by atoms with E-state index in [-0.39, 0.29) is 5.91 Å². The lowest BCUT2D eigenvalue weighted by molar-refractivity contribution is -0.114. The monoisotopic (exact) mass is 257 g/mol. The van der Waals surface area contributed by atoms with Crippen LogP contribution in [0.1, 0.15) is 18.1 Å². The molecule has 1 amide bonds. The number of carbonyl (C=O) groups excluding carboxylic acids is 1. The minimum atomic E-state index is -0.0523. The number of hydrogen-bond acceptors (Lipinski definition) is 1. The molecule has 1 N–H and O–H groups in total. The third-order valence-electron chi connectivity index (χ3n) is 3.20. The predicted octanol–water partition coefficient (Wildman–Crippen LogP) is 3.87. The molecule has 1 aliphatic carbocycles. The Balaban J connectivity index is 2.06. The molecular formula is C15H12ClNO. The maximum atomic E-state index is 11.1. The van der Waals surface area contributed by atoms with E-state index in [0.29, 0.717) is 0 Å². The molecule has 3 rings (SSSR count). The van der Waals surface area contributed by atoms with Crippen LogP contribution in [0.25, 0.3) is 11.1 Å². The fourth-order valence-electron chi connectivity index (χ4n) is 2.46. The molecular weight excluding hydrogens is 246 g/mol. The van der Waals surface area contributed by atoms with Crippen LogP contribution < -0.4 is 5.32 Å². The van der Waals surface area contributed by atoms with Crippen LogP contribution in [0.2, 0.25) is 5.02 Å². The quantitative estimate of drug-likeness (QED) is 0.704. The molecule has 1 aliphatic rings. The van der Waals surface area contributed by atoms with Gasteiger partial charge in [0.2, 0.25) is 5.91 Å². The zero-order valence-corrected chi connectivity index (χ0v) is 10.7. The van der Waals surface area contributed by atoms with Gasteiger partial charge in [-0.15, -0.1) is 0 Å². The molecule has 0 spiro atoms. The van der Waals surface area contributed by atoms with Crippen LogP contribution in [0, 0.1) is 0 Å². The van der Waals surface area contributed by atoms with Crippen molar-refractivity contribution in [3.05, 3.63) is 52.5 Å². The SMILES string of the molecule is CC(=O)Nc1ccc2c(c1)Cc1c(Cl)cccc1-2. The highest BCUT2D eigenvalue weighted by atomic mass is 35.5. The van der Waals surface area contributed by atoms with Crippen molar-refractivity contribution < 1.29 is 4.79 Å². The van der Waals surface area contributed by atoms with E-state index in [0.717, 1.165) is 17.1 Å². The molecule has 2 nitrogen and oxygen atoms in total. The molecule has 0 saturated carbocycles. The van der Waals surface area contributed by atoms with Crippen molar-refractivity contribution in [3.8, 4) is 11.1 Å². The minimum Gasteiger partial charge on any atom is -0.326 e. The van der Waals surface area contributed by atoms with Gasteiger partial charge < -0.3 is 5.32 Å². The number of amides is 1. The summed E-state index contributed by atoms with van der Waals surface area (Å²) in [6.45, 7) is 1.51. The molecule has 3 heteroatoms. The van der Waals surface area contributed by atoms with E-state index >= 15 is 0 Å². The smallest absolute Gasteiger partial charge is 0.221 e. The Labute approximate surface area is 111 Å². The van der Waals surface area contributed by atoms with E-state index in [1.54, 1.807) is 0 Å². The molecule has 0 aromatic heterocycles. The van der Waals surface area contributed by atoms with Gasteiger partial charge in [-0.05, 0) is 40.5 Å². The number of nitrogens with one attached hydrogen (secondary N) is 1. The largest absolute Gasteiger partial charge is 0.326 e. The first-order valence-corrected chi connectivity index (χ1v) is 6.21. The number of fused-ring (bicyclic) bond motifs is 3. The molecule has 0 heterocycles. The van der Waals surface area contributed by atoms with Crippen molar-refractivity contribution in [2.24, 2.45) is 0 Å². The summed E-state index contributed by atoms with van der Waals surface area (Å²) in [6.07, 6.45) is 0.831. The molecule has 2 aromatic carbocycles. The van der Waals surface area contributed by atoms with E-state index in [1.165, 1.54) is 29.2 Å². The van der Waals surface area contributed by atoms with Gasteiger partial charge in [-0.1, -0.05) is 29.8 Å². The van der Waals surface area contributed by atoms with Crippen LogP contribution in [0.3, 0.4) is 0 Å². The van der Waals surface area contributed by atoms with Crippen LogP contribution >= 0.6 is 11.6 Å². The van der Waals surface area contributed by atoms with Crippen molar-refractivity contribution >= 4 is 23.2 Å². The summed E-state index contributed by atoms with van der Waals surface area (Å²) in [5.74, 6) is -0.0523. The van der Waals surface area contributed by atoms with E-state index < -0.39 is 0 Å². The number of benzene rings is 2. The van der Waals surface area contributed by atoms with Gasteiger partial charge in [-0.25, -0.2) is 0 Å². The Hall–Kier alpha value is -1.80. The Morgan fingerprint density at radius 3 is 2.83 bits per heavy atom. The summed E-state index contributed by atoms with van der Waals surface area (Å²) < 4.78 is 0. The molecule has 0 bridgehead atoms. The van der Waals surface area contributed by atoms with Crippen LogP contribution in [-0.2, 0) is 11.2 Å². The number of hydrogen-bond donors (Lipinski definition) is 1. The standard InChI is InChI=1S/C15H12ClNO/c1-9(18)17-11-5-6-12-10(7-11)8-14-13(12)3-2-4-15(14)16/h2-7H,8H2,1H3,(H,17,18). The first-order chi connectivity index (χ1) is 8.65. The Kier molecular flexibility index (Phi) is 2.60. The zero-order valence-electron chi connectivity index (χ0n) is 9.96. The molecule has 0 atom stereocenters. The van der Waals surface area contributed by atoms with Gasteiger partial charge in [0.15, 0.2) is 0 Å². The van der Waals surface area contributed by atoms with Gasteiger partial charge in [-0.3, -0.25) is 4.79 Å². The summed E-state index contributed by atoms with van der Waals surface area (Å²) >= 11 is 6.21. The number of carbonyl (C=O) groups is 1. The molecule has 18 heavy (non-hydrogen) atoms. The number of rotatable bonds is 1. The highest BCUT2D eigenvalue weighted by molar-refractivity contribution is 6.32. The van der Waals surface area contributed by atoms with E-state index in [2.05, 4.69) is 11.4 Å². The summed E-state index contributed by atoms with van der Waals surface area (Å²) in [6, 6.07) is 12.0. The van der Waals surface area contributed by atoms with Crippen LogP contribution in [0.15, 0.2) is 36.4 Å². The predicted molar refractivity (Wildman–Crippen MR) is 74.0 cm³/mol. The molecule has 0 fully saturated rings. The number of anilines is 1. The zero-order chi connectivity index (χ0) is 12.7. The minimum absolute atomic E-state index is 0.0523. The molecule has 2 aromatic rings. The summed E-state index contributed by atoms with van der Waals surface area (Å²) in [5, 5.41) is 3.61. The van der Waals surface area contributed by atoms with Gasteiger partial charge in [0.1, 0.15) is 0 Å². The van der Waals surface area contributed by atoms with Crippen LogP contribution in [0.4, 0.5) is 5.69 Å². The number of halogens is 1. The maximum Gasteiger partial charge on any atom is 0.221 e. The van der Waals surface area contributed by atoms with Crippen LogP contribution in [-0.4, -0.2) is 5.91 Å². The molecule has 0 saturated heterocycles. The fourth-order valence-corrected chi connectivity index (χ4v) is 2.71. The summed E-state index contributed by atoms with van der Waals surface area (Å²) in [4.78, 5) is 11.1. The average molecular weight is 258 g/mol. The molecule has 90 valence electrons. The first-order valence-electron chi connectivity index (χ1n) is 5.83. The summed E-state index contributed by atoms with van der Waals surface area (Å²) in [7, 11) is 0. The van der Waals surface area contributed by atoms with Crippen molar-refractivity contribution in [2.75, 3.05) is 5.32 Å². The lowest BCUT2D eigenvalue weighted by atomic mass is 10.1. The lowest BCUT2D eigenvalue weighted by Crippen LogP contribution is -2.05. The van der Waals surface area contributed by atoms with Gasteiger partial charge in [0, 0.05) is 24.1 Å². The third kappa shape index (κ3) is 1.79. The Bertz CT molecular complexity index is 649. The molecule has 0 radical (unpaired) electrons. The molecule has 0 aliphatic heterocycles. The average Bonchev–Trinajstić information content (AvgIpc) is 2.67. The second-order valence-electron chi connectivity index (χ2n) is 4.50. The normalized spacial score (nSPS) is 11.9. The second-order valence-corrected chi connectivity index (χ2v) is 4.90. The topological polar surface area (TPSA) is 29.1 Å². The highest BCUT2D eigenvalue weighted by Crippen LogP contribution is 2.40. The van der Waals surface area contributed by atoms with Crippen molar-refractivity contribution in [2.45, 2.75) is 13.3 Å². The van der Waals surface area contributed by atoms with Crippen molar-refractivity contribution in [1.82, 2.24) is 0 Å². The van der Waals surface area contributed by atoms with Gasteiger partial charge in [-0.2, -0.15) is 0 Å². The van der Waals surface area contributed by atoms with Crippen LogP contribution in [0.5, 0.6) is 0 Å². The summed E-state index contributed by atoms with van der Waals surface area (Å²) in [5.41, 5.74) is 5.64. The third-order valence-corrected chi connectivity index (χ3v) is 3.56. The van der Waals surface area contributed by atoms with Crippen molar-refractivity contribution in [3.63, 3.8) is 0 Å². The van der Waals surface area contributed by atoms with Gasteiger partial charge >= 0.3 is 0 Å². The second kappa shape index (κ2) is 4.14. The van der Waals surface area contributed by atoms with Gasteiger partial charge in [0.25, 0.3) is 0 Å². The van der Waals surface area contributed by atoms with E-state index in [9.17, 15) is 4.79 Å². The highest BCUT2D eigenvalue weighted by Gasteiger charge is 2.20. The lowest BCUT2D eigenvalue weighted by Gasteiger charge is -2.05. The van der Waals surface area contributed by atoms with Gasteiger partial charge in [0.05, 0.1) is 0 Å². The fraction of sp³-hybridized carbons (Fsp3) is 0.133.